The summed E-state index contributed by atoms with van der Waals surface area (Å²) < 4.78 is 0. The van der Waals surface area contributed by atoms with E-state index in [4.69, 9.17) is 9.59 Å². The average Bonchev–Trinajstić information content (AvgIpc) is 2.37. The molecule has 0 aromatic rings. The first-order chi connectivity index (χ1) is 9.64. The summed E-state index contributed by atoms with van der Waals surface area (Å²) in [5, 5.41) is 3.17. The lowest BCUT2D eigenvalue weighted by Gasteiger charge is -2.44. The van der Waals surface area contributed by atoms with Crippen molar-refractivity contribution in [2.45, 2.75) is 65.8 Å². The summed E-state index contributed by atoms with van der Waals surface area (Å²) >= 11 is 0. The average molecular weight is 295 g/mol. The molecule has 0 heterocycles. The van der Waals surface area contributed by atoms with E-state index in [1.165, 1.54) is 6.42 Å². The van der Waals surface area contributed by atoms with Crippen molar-refractivity contribution in [1.29, 1.82) is 0 Å². The summed E-state index contributed by atoms with van der Waals surface area (Å²) in [7, 11) is 0. The summed E-state index contributed by atoms with van der Waals surface area (Å²) in [6.45, 7) is 14.4. The Morgan fingerprint density at radius 2 is 1.90 bits per heavy atom. The van der Waals surface area contributed by atoms with Crippen LogP contribution >= 0.6 is 0 Å². The van der Waals surface area contributed by atoms with Gasteiger partial charge in [0.25, 0.3) is 0 Å². The van der Waals surface area contributed by atoms with E-state index in [1.807, 2.05) is 26.8 Å². The molecule has 1 amide bonds. The van der Waals surface area contributed by atoms with Crippen molar-refractivity contribution >= 4 is 12.1 Å². The van der Waals surface area contributed by atoms with E-state index in [1.54, 1.807) is 0 Å². The van der Waals surface area contributed by atoms with Crippen LogP contribution in [0.25, 0.3) is 0 Å². The fraction of sp³-hybridized carbons (Fsp3) is 0.765. The van der Waals surface area contributed by atoms with Gasteiger partial charge >= 0.3 is 6.15 Å². The Balaban J connectivity index is 0.00000122. The van der Waals surface area contributed by atoms with Crippen LogP contribution in [-0.2, 0) is 14.4 Å². The Bertz CT molecular complexity index is 391. The lowest BCUT2D eigenvalue weighted by atomic mass is 9.62. The van der Waals surface area contributed by atoms with Crippen LogP contribution in [0.1, 0.15) is 60.3 Å². The molecule has 1 fully saturated rings. The second-order valence-corrected chi connectivity index (χ2v) is 7.09. The van der Waals surface area contributed by atoms with Crippen LogP contribution in [0.5, 0.6) is 0 Å². The number of nitrogens with one attached hydrogen (secondary N) is 1. The molecule has 120 valence electrons. The molecule has 0 aromatic carbocycles. The van der Waals surface area contributed by atoms with Crippen molar-refractivity contribution in [1.82, 2.24) is 5.32 Å². The SMILES string of the molecule is C=C[C@@H]1CCC(CC)[C@@](C)(C(=O)NC(C)(C)C)C1.O=C=O. The minimum absolute atomic E-state index is 0.153. The zero-order chi connectivity index (χ0) is 16.7. The van der Waals surface area contributed by atoms with Gasteiger partial charge in [-0.25, -0.2) is 0 Å². The van der Waals surface area contributed by atoms with E-state index in [-0.39, 0.29) is 23.0 Å². The van der Waals surface area contributed by atoms with Crippen molar-refractivity contribution < 1.29 is 14.4 Å². The minimum atomic E-state index is -0.237. The van der Waals surface area contributed by atoms with Gasteiger partial charge in [0.1, 0.15) is 0 Å². The Labute approximate surface area is 128 Å². The van der Waals surface area contributed by atoms with Gasteiger partial charge in [0.2, 0.25) is 5.91 Å². The van der Waals surface area contributed by atoms with E-state index in [2.05, 4.69) is 25.7 Å². The number of carbonyl (C=O) groups excluding carboxylic acids is 3. The number of amides is 1. The molecular weight excluding hydrogens is 266 g/mol. The Morgan fingerprint density at radius 3 is 2.29 bits per heavy atom. The monoisotopic (exact) mass is 295 g/mol. The summed E-state index contributed by atoms with van der Waals surface area (Å²) in [6, 6.07) is 0. The number of hydrogen-bond acceptors (Lipinski definition) is 3. The van der Waals surface area contributed by atoms with E-state index >= 15 is 0 Å². The van der Waals surface area contributed by atoms with Crippen molar-refractivity contribution in [2.75, 3.05) is 0 Å². The van der Waals surface area contributed by atoms with Gasteiger partial charge in [-0.2, -0.15) is 9.59 Å². The molecule has 21 heavy (non-hydrogen) atoms. The highest BCUT2D eigenvalue weighted by Gasteiger charge is 2.45. The van der Waals surface area contributed by atoms with Crippen LogP contribution < -0.4 is 5.32 Å². The van der Waals surface area contributed by atoms with Crippen LogP contribution in [0.4, 0.5) is 0 Å². The van der Waals surface area contributed by atoms with Crippen LogP contribution in [0.15, 0.2) is 12.7 Å². The molecule has 3 atom stereocenters. The van der Waals surface area contributed by atoms with Gasteiger partial charge in [0.15, 0.2) is 0 Å². The quantitative estimate of drug-likeness (QED) is 0.812. The Hall–Kier alpha value is -1.41. The first kappa shape index (κ1) is 19.6. The van der Waals surface area contributed by atoms with Gasteiger partial charge in [0, 0.05) is 11.0 Å². The van der Waals surface area contributed by atoms with Gasteiger partial charge < -0.3 is 5.32 Å². The third kappa shape index (κ3) is 5.84. The molecule has 0 bridgehead atoms. The minimum Gasteiger partial charge on any atom is -0.351 e. The zero-order valence-corrected chi connectivity index (χ0v) is 14.0. The molecule has 0 aliphatic heterocycles. The Morgan fingerprint density at radius 1 is 1.38 bits per heavy atom. The van der Waals surface area contributed by atoms with E-state index in [9.17, 15) is 4.79 Å². The normalized spacial score (nSPS) is 28.6. The summed E-state index contributed by atoms with van der Waals surface area (Å²) in [5.74, 6) is 1.20. The second kappa shape index (κ2) is 8.14. The summed E-state index contributed by atoms with van der Waals surface area (Å²) in [5.41, 5.74) is -0.390. The zero-order valence-electron chi connectivity index (χ0n) is 14.0. The molecule has 0 saturated heterocycles. The predicted octanol–water partition coefficient (Wildman–Crippen LogP) is 3.34. The second-order valence-electron chi connectivity index (χ2n) is 7.09. The summed E-state index contributed by atoms with van der Waals surface area (Å²) in [6.07, 6.45) is 6.62. The summed E-state index contributed by atoms with van der Waals surface area (Å²) in [4.78, 5) is 28.9. The molecular formula is C17H29NO3. The lowest BCUT2D eigenvalue weighted by Crippen LogP contribution is -2.52. The highest BCUT2D eigenvalue weighted by atomic mass is 16.2. The maximum Gasteiger partial charge on any atom is 0.373 e. The molecule has 0 aromatic heterocycles. The van der Waals surface area contributed by atoms with Crippen molar-refractivity contribution in [3.63, 3.8) is 0 Å². The molecule has 1 N–H and O–H groups in total. The fourth-order valence-electron chi connectivity index (χ4n) is 3.16. The smallest absolute Gasteiger partial charge is 0.351 e. The topological polar surface area (TPSA) is 63.2 Å². The number of allylic oxidation sites excluding steroid dienone is 1. The van der Waals surface area contributed by atoms with Gasteiger partial charge in [-0.1, -0.05) is 26.3 Å². The van der Waals surface area contributed by atoms with Crippen LogP contribution in [-0.4, -0.2) is 17.6 Å². The standard InChI is InChI=1S/C16H29NO.CO2/c1-7-12-9-10-13(8-2)16(6,11-12)14(18)17-15(3,4)5;2-1-3/h7,12-13H,1,8-11H2,2-6H3,(H,17,18);/t12-,13?,16+;/m1./s1. The Kier molecular flexibility index (Phi) is 7.59. The number of carbonyl (C=O) groups is 1. The molecule has 1 aliphatic rings. The van der Waals surface area contributed by atoms with Crippen molar-refractivity contribution in [3.8, 4) is 0 Å². The number of rotatable bonds is 3. The fourth-order valence-corrected chi connectivity index (χ4v) is 3.16. The van der Waals surface area contributed by atoms with E-state index in [0.717, 1.165) is 19.3 Å². The lowest BCUT2D eigenvalue weighted by molar-refractivity contribution is -0.191. The third-order valence-electron chi connectivity index (χ3n) is 4.31. The molecule has 1 saturated carbocycles. The molecule has 1 rings (SSSR count). The van der Waals surface area contributed by atoms with E-state index in [0.29, 0.717) is 11.8 Å². The maximum atomic E-state index is 12.6. The van der Waals surface area contributed by atoms with E-state index < -0.39 is 0 Å². The predicted molar refractivity (Wildman–Crippen MR) is 82.3 cm³/mol. The van der Waals surface area contributed by atoms with Crippen LogP contribution in [0, 0.1) is 17.3 Å². The van der Waals surface area contributed by atoms with Gasteiger partial charge in [-0.15, -0.1) is 6.58 Å². The first-order valence-corrected chi connectivity index (χ1v) is 7.59. The van der Waals surface area contributed by atoms with Crippen LogP contribution in [0.2, 0.25) is 0 Å². The van der Waals surface area contributed by atoms with Crippen molar-refractivity contribution in [2.24, 2.45) is 17.3 Å². The molecule has 1 aliphatic carbocycles. The molecule has 4 nitrogen and oxygen atoms in total. The van der Waals surface area contributed by atoms with Gasteiger partial charge in [0.05, 0.1) is 0 Å². The van der Waals surface area contributed by atoms with Crippen molar-refractivity contribution in [3.05, 3.63) is 12.7 Å². The highest BCUT2D eigenvalue weighted by molar-refractivity contribution is 5.83. The maximum absolute atomic E-state index is 12.6. The van der Waals surface area contributed by atoms with Crippen LogP contribution in [0.3, 0.4) is 0 Å². The first-order valence-electron chi connectivity index (χ1n) is 7.59. The molecule has 0 spiro atoms. The molecule has 4 heteroatoms. The molecule has 0 radical (unpaired) electrons. The third-order valence-corrected chi connectivity index (χ3v) is 4.31. The largest absolute Gasteiger partial charge is 0.373 e. The van der Waals surface area contributed by atoms with Gasteiger partial charge in [-0.3, -0.25) is 4.79 Å². The number of hydrogen-bond donors (Lipinski definition) is 1. The molecule has 1 unspecified atom stereocenters. The van der Waals surface area contributed by atoms with Gasteiger partial charge in [-0.05, 0) is 51.9 Å². The highest BCUT2D eigenvalue weighted by Crippen LogP contribution is 2.46.